The molecule has 88 valence electrons. The molecule has 0 aliphatic carbocycles. The van der Waals surface area contributed by atoms with Crippen LogP contribution in [0.15, 0.2) is 28.2 Å². The van der Waals surface area contributed by atoms with E-state index < -0.39 is 0 Å². The predicted octanol–water partition coefficient (Wildman–Crippen LogP) is 3.95. The molecule has 1 aromatic carbocycles. The second kappa shape index (κ2) is 5.10. The van der Waals surface area contributed by atoms with Crippen LogP contribution >= 0.6 is 27.3 Å². The summed E-state index contributed by atoms with van der Waals surface area (Å²) in [7, 11) is 0. The molecule has 0 spiro atoms. The summed E-state index contributed by atoms with van der Waals surface area (Å²) >= 11 is 5.02. The summed E-state index contributed by atoms with van der Waals surface area (Å²) < 4.78 is 1.07. The molecule has 0 atom stereocenters. The van der Waals surface area contributed by atoms with Crippen LogP contribution in [0, 0.1) is 13.8 Å². The molecule has 0 saturated carbocycles. The van der Waals surface area contributed by atoms with E-state index in [-0.39, 0.29) is 5.78 Å². The Balaban J connectivity index is 2.26. The number of nitrogens with zero attached hydrogens (tertiary/aromatic N) is 1. The molecule has 0 bridgehead atoms. The fourth-order valence-electron chi connectivity index (χ4n) is 1.69. The summed E-state index contributed by atoms with van der Waals surface area (Å²) in [6.45, 7) is 3.99. The van der Waals surface area contributed by atoms with Crippen molar-refractivity contribution in [3.63, 3.8) is 0 Å². The molecule has 0 amide bonds. The molecule has 1 aromatic heterocycles. The summed E-state index contributed by atoms with van der Waals surface area (Å²) in [5.41, 5.74) is 2.94. The normalized spacial score (nSPS) is 10.5. The number of aryl methyl sites for hydroxylation is 2. The van der Waals surface area contributed by atoms with E-state index in [0.29, 0.717) is 6.42 Å². The molecule has 1 heterocycles. The lowest BCUT2D eigenvalue weighted by Crippen LogP contribution is -2.04. The van der Waals surface area contributed by atoms with Crippen LogP contribution in [-0.4, -0.2) is 10.8 Å². The average molecular weight is 310 g/mol. The van der Waals surface area contributed by atoms with Gasteiger partial charge in [0.15, 0.2) is 5.78 Å². The number of benzene rings is 1. The van der Waals surface area contributed by atoms with Crippen LogP contribution in [0.3, 0.4) is 0 Å². The molecule has 0 aliphatic rings. The molecule has 2 aromatic rings. The summed E-state index contributed by atoms with van der Waals surface area (Å²) in [5, 5.41) is 2.76. The van der Waals surface area contributed by atoms with Crippen LogP contribution in [0.5, 0.6) is 0 Å². The average Bonchev–Trinajstić information content (AvgIpc) is 2.77. The van der Waals surface area contributed by atoms with Crippen molar-refractivity contribution < 1.29 is 4.79 Å². The van der Waals surface area contributed by atoms with Crippen molar-refractivity contribution in [1.82, 2.24) is 4.98 Å². The molecular formula is C13H12BrNOS. The maximum atomic E-state index is 12.1. The first-order valence-electron chi connectivity index (χ1n) is 5.26. The number of aromatic nitrogens is 1. The predicted molar refractivity (Wildman–Crippen MR) is 73.8 cm³/mol. The lowest BCUT2D eigenvalue weighted by atomic mass is 10.0. The largest absolute Gasteiger partial charge is 0.294 e. The van der Waals surface area contributed by atoms with Crippen molar-refractivity contribution in [2.24, 2.45) is 0 Å². The zero-order valence-electron chi connectivity index (χ0n) is 9.66. The zero-order valence-corrected chi connectivity index (χ0v) is 12.1. The molecule has 2 nitrogen and oxygen atoms in total. The molecule has 2 rings (SSSR count). The van der Waals surface area contributed by atoms with Crippen molar-refractivity contribution in [3.8, 4) is 0 Å². The maximum Gasteiger partial charge on any atom is 0.169 e. The highest BCUT2D eigenvalue weighted by atomic mass is 79.9. The van der Waals surface area contributed by atoms with E-state index >= 15 is 0 Å². The SMILES string of the molecule is Cc1cc(C(=O)Cc2nccs2)cc(C)c1Br. The van der Waals surface area contributed by atoms with Crippen molar-refractivity contribution in [1.29, 1.82) is 0 Å². The van der Waals surface area contributed by atoms with E-state index in [4.69, 9.17) is 0 Å². The standard InChI is InChI=1S/C13H12BrNOS/c1-8-5-10(6-9(2)13(8)14)11(16)7-12-15-3-4-17-12/h3-6H,7H2,1-2H3. The minimum Gasteiger partial charge on any atom is -0.294 e. The molecule has 0 radical (unpaired) electrons. The molecule has 0 saturated heterocycles. The van der Waals surface area contributed by atoms with Gasteiger partial charge in [-0.05, 0) is 37.1 Å². The first kappa shape index (κ1) is 12.5. The van der Waals surface area contributed by atoms with Crippen LogP contribution in [0.4, 0.5) is 0 Å². The fraction of sp³-hybridized carbons (Fsp3) is 0.231. The highest BCUT2D eigenvalue weighted by Gasteiger charge is 2.11. The van der Waals surface area contributed by atoms with Gasteiger partial charge in [0.2, 0.25) is 0 Å². The van der Waals surface area contributed by atoms with Crippen LogP contribution < -0.4 is 0 Å². The Morgan fingerprint density at radius 2 is 2.00 bits per heavy atom. The van der Waals surface area contributed by atoms with Gasteiger partial charge in [-0.2, -0.15) is 0 Å². The molecule has 0 unspecified atom stereocenters. The minimum absolute atomic E-state index is 0.124. The molecular weight excluding hydrogens is 298 g/mol. The highest BCUT2D eigenvalue weighted by molar-refractivity contribution is 9.10. The summed E-state index contributed by atoms with van der Waals surface area (Å²) in [4.78, 5) is 16.2. The lowest BCUT2D eigenvalue weighted by Gasteiger charge is -2.06. The Morgan fingerprint density at radius 1 is 1.35 bits per heavy atom. The minimum atomic E-state index is 0.124. The third-order valence-corrected chi connectivity index (χ3v) is 4.58. The van der Waals surface area contributed by atoms with Crippen LogP contribution in [0.1, 0.15) is 26.5 Å². The second-order valence-corrected chi connectivity index (χ2v) is 5.72. The summed E-state index contributed by atoms with van der Waals surface area (Å²) in [5.74, 6) is 0.124. The molecule has 0 fully saturated rings. The van der Waals surface area contributed by atoms with Gasteiger partial charge in [0.25, 0.3) is 0 Å². The van der Waals surface area contributed by atoms with Crippen LogP contribution in [0.2, 0.25) is 0 Å². The molecule has 0 N–H and O–H groups in total. The number of carbonyl (C=O) groups excluding carboxylic acids is 1. The Kier molecular flexibility index (Phi) is 3.74. The molecule has 17 heavy (non-hydrogen) atoms. The van der Waals surface area contributed by atoms with Gasteiger partial charge >= 0.3 is 0 Å². The molecule has 0 aliphatic heterocycles. The maximum absolute atomic E-state index is 12.1. The van der Waals surface area contributed by atoms with E-state index in [1.165, 1.54) is 11.3 Å². The smallest absolute Gasteiger partial charge is 0.169 e. The van der Waals surface area contributed by atoms with E-state index in [1.54, 1.807) is 6.20 Å². The quantitative estimate of drug-likeness (QED) is 0.804. The number of ketones is 1. The number of Topliss-reactive ketones (excluding diaryl/α,β-unsaturated/α-hetero) is 1. The Hall–Kier alpha value is -1.00. The lowest BCUT2D eigenvalue weighted by molar-refractivity contribution is 0.0992. The van der Waals surface area contributed by atoms with Crippen LogP contribution in [-0.2, 0) is 6.42 Å². The van der Waals surface area contributed by atoms with Crippen molar-refractivity contribution in [2.45, 2.75) is 20.3 Å². The number of thiazole rings is 1. The number of hydrogen-bond donors (Lipinski definition) is 0. The zero-order chi connectivity index (χ0) is 12.4. The highest BCUT2D eigenvalue weighted by Crippen LogP contribution is 2.23. The summed E-state index contributed by atoms with van der Waals surface area (Å²) in [6, 6.07) is 3.85. The number of rotatable bonds is 3. The van der Waals surface area contributed by atoms with Crippen molar-refractivity contribution in [2.75, 3.05) is 0 Å². The topological polar surface area (TPSA) is 30.0 Å². The molecule has 4 heteroatoms. The number of halogens is 1. The van der Waals surface area contributed by atoms with Gasteiger partial charge in [0.1, 0.15) is 5.01 Å². The van der Waals surface area contributed by atoms with Crippen molar-refractivity contribution >= 4 is 33.0 Å². The van der Waals surface area contributed by atoms with Gasteiger partial charge in [0, 0.05) is 21.6 Å². The number of carbonyl (C=O) groups is 1. The van der Waals surface area contributed by atoms with Gasteiger partial charge in [-0.3, -0.25) is 4.79 Å². The fourth-order valence-corrected chi connectivity index (χ4v) is 2.53. The summed E-state index contributed by atoms with van der Waals surface area (Å²) in [6.07, 6.45) is 2.11. The van der Waals surface area contributed by atoms with E-state index in [1.807, 2.05) is 31.4 Å². The third kappa shape index (κ3) is 2.82. The van der Waals surface area contributed by atoms with Gasteiger partial charge in [-0.25, -0.2) is 4.98 Å². The van der Waals surface area contributed by atoms with Gasteiger partial charge < -0.3 is 0 Å². The Bertz CT molecular complexity index is 526. The second-order valence-electron chi connectivity index (χ2n) is 3.95. The van der Waals surface area contributed by atoms with Gasteiger partial charge in [-0.15, -0.1) is 11.3 Å². The van der Waals surface area contributed by atoms with E-state index in [2.05, 4.69) is 20.9 Å². The Labute approximate surface area is 113 Å². The first-order valence-corrected chi connectivity index (χ1v) is 6.93. The monoisotopic (exact) mass is 309 g/mol. The van der Waals surface area contributed by atoms with Crippen molar-refractivity contribution in [3.05, 3.63) is 49.9 Å². The van der Waals surface area contributed by atoms with Gasteiger partial charge in [0.05, 0.1) is 6.42 Å². The van der Waals surface area contributed by atoms with E-state index in [0.717, 1.165) is 26.2 Å². The Morgan fingerprint density at radius 3 is 2.53 bits per heavy atom. The number of hydrogen-bond acceptors (Lipinski definition) is 3. The van der Waals surface area contributed by atoms with E-state index in [9.17, 15) is 4.79 Å². The first-order chi connectivity index (χ1) is 8.08. The third-order valence-electron chi connectivity index (χ3n) is 2.55. The van der Waals surface area contributed by atoms with Crippen LogP contribution in [0.25, 0.3) is 0 Å². The van der Waals surface area contributed by atoms with Gasteiger partial charge in [-0.1, -0.05) is 15.9 Å².